The molecule has 1 aliphatic carbocycles. The van der Waals surface area contributed by atoms with Crippen LogP contribution in [-0.4, -0.2) is 54.2 Å². The first-order chi connectivity index (χ1) is 26.2. The molecule has 1 saturated heterocycles. The number of allylic oxidation sites excluding steroid dienone is 1. The zero-order valence-corrected chi connectivity index (χ0v) is 30.8. The topological polar surface area (TPSA) is 65.1 Å². The summed E-state index contributed by atoms with van der Waals surface area (Å²) in [5.74, 6) is 0.0413. The number of nitrogens with one attached hydrogen (secondary N) is 1. The molecule has 1 fully saturated rings. The van der Waals surface area contributed by atoms with Gasteiger partial charge < -0.3 is 19.9 Å². The van der Waals surface area contributed by atoms with Crippen molar-refractivity contribution in [1.82, 2.24) is 9.80 Å². The van der Waals surface area contributed by atoms with Crippen LogP contribution in [0.3, 0.4) is 0 Å². The highest BCUT2D eigenvalue weighted by atomic mass is 19.1. The number of hydrogen-bond donors (Lipinski definition) is 1. The molecule has 54 heavy (non-hydrogen) atoms. The van der Waals surface area contributed by atoms with Gasteiger partial charge in [-0.25, -0.2) is 4.39 Å². The number of rotatable bonds is 8. The molecule has 0 radical (unpaired) electrons. The van der Waals surface area contributed by atoms with Gasteiger partial charge in [0.25, 0.3) is 0 Å². The van der Waals surface area contributed by atoms with Gasteiger partial charge in [0.15, 0.2) is 17.3 Å². The number of carbonyl (C=O) groups is 2. The average Bonchev–Trinajstić information content (AvgIpc) is 3.31. The Morgan fingerprint density at radius 1 is 0.796 bits per heavy atom. The lowest BCUT2D eigenvalue weighted by Gasteiger charge is -2.41. The quantitative estimate of drug-likeness (QED) is 0.173. The smallest absolute Gasteiger partial charge is 0.242 e. The van der Waals surface area contributed by atoms with Crippen molar-refractivity contribution in [1.29, 1.82) is 0 Å². The minimum absolute atomic E-state index is 0.0142. The van der Waals surface area contributed by atoms with E-state index in [-0.39, 0.29) is 35.4 Å². The second-order valence-corrected chi connectivity index (χ2v) is 15.3. The summed E-state index contributed by atoms with van der Waals surface area (Å²) >= 11 is 0. The third kappa shape index (κ3) is 7.26. The van der Waals surface area contributed by atoms with Crippen LogP contribution in [0.4, 0.5) is 15.8 Å². The number of hydrogen-bond acceptors (Lipinski definition) is 6. The Kier molecular flexibility index (Phi) is 9.78. The number of carbonyl (C=O) groups excluding carboxylic acids is 2. The van der Waals surface area contributed by atoms with Crippen LogP contribution in [0.15, 0.2) is 145 Å². The Hall–Kier alpha value is -5.73. The van der Waals surface area contributed by atoms with Crippen molar-refractivity contribution in [3.8, 4) is 11.5 Å². The normalized spacial score (nSPS) is 18.4. The number of fused-ring (bicyclic) bond motifs is 1. The Labute approximate surface area is 316 Å². The zero-order chi connectivity index (χ0) is 37.2. The highest BCUT2D eigenvalue weighted by Gasteiger charge is 2.42. The Bertz CT molecular complexity index is 2130. The molecule has 1 unspecified atom stereocenters. The fourth-order valence-corrected chi connectivity index (χ4v) is 8.32. The summed E-state index contributed by atoms with van der Waals surface area (Å²) in [7, 11) is 0. The molecule has 0 bridgehead atoms. The second-order valence-electron chi connectivity index (χ2n) is 15.3. The molecule has 1 N–H and O–H groups in total. The SMILES string of the molecule is CC1(C)CC(=O)C2=C(C1)Nc1ccccc1N(CC(=O)N1CCN(C(c3ccccc3)c3ccccc3)CC1)C2c1ccc(F)c(Oc2ccccc2)c1. The standard InChI is InChI=1S/C46H45FN4O3/c1-46(2)29-38-43(40(52)30-46)45(34-22-23-36(47)41(28-34)54-35-18-10-5-11-19-35)51(39-21-13-12-20-37(39)48-38)31-42(53)49-24-26-50(27-25-49)44(32-14-6-3-7-15-32)33-16-8-4-9-17-33/h3-23,28,44-45,48H,24-27,29-31H2,1-2H3. The maximum absolute atomic E-state index is 15.4. The Balaban J connectivity index is 1.13. The van der Waals surface area contributed by atoms with Gasteiger partial charge in [-0.1, -0.05) is 111 Å². The van der Waals surface area contributed by atoms with Gasteiger partial charge in [-0.2, -0.15) is 0 Å². The molecule has 8 heteroatoms. The first-order valence-electron chi connectivity index (χ1n) is 18.8. The maximum Gasteiger partial charge on any atom is 0.242 e. The van der Waals surface area contributed by atoms with Crippen LogP contribution >= 0.6 is 0 Å². The fourth-order valence-electron chi connectivity index (χ4n) is 8.32. The number of para-hydroxylation sites is 3. The van der Waals surface area contributed by atoms with Gasteiger partial charge in [0, 0.05) is 43.9 Å². The fraction of sp³-hybridized carbons (Fsp3) is 0.261. The highest BCUT2D eigenvalue weighted by molar-refractivity contribution is 6.02. The second kappa shape index (κ2) is 15.0. The number of benzene rings is 5. The van der Waals surface area contributed by atoms with Gasteiger partial charge in [-0.15, -0.1) is 0 Å². The summed E-state index contributed by atoms with van der Waals surface area (Å²) in [6.07, 6.45) is 1.02. The van der Waals surface area contributed by atoms with Crippen LogP contribution in [0, 0.1) is 11.2 Å². The molecule has 3 aliphatic rings. The van der Waals surface area contributed by atoms with Crippen LogP contribution in [0.25, 0.3) is 0 Å². The first-order valence-corrected chi connectivity index (χ1v) is 18.8. The molecular formula is C46H45FN4O3. The minimum atomic E-state index is -0.663. The number of halogens is 1. The van der Waals surface area contributed by atoms with Gasteiger partial charge in [0.2, 0.25) is 5.91 Å². The summed E-state index contributed by atoms with van der Waals surface area (Å²) < 4.78 is 21.5. The van der Waals surface area contributed by atoms with Gasteiger partial charge in [-0.05, 0) is 64.9 Å². The van der Waals surface area contributed by atoms with Crippen LogP contribution in [0.2, 0.25) is 0 Å². The highest BCUT2D eigenvalue weighted by Crippen LogP contribution is 2.49. The van der Waals surface area contributed by atoms with E-state index in [0.29, 0.717) is 55.9 Å². The molecule has 274 valence electrons. The maximum atomic E-state index is 15.4. The molecule has 5 aromatic carbocycles. The van der Waals surface area contributed by atoms with Gasteiger partial charge in [-0.3, -0.25) is 14.5 Å². The summed E-state index contributed by atoms with van der Waals surface area (Å²) in [4.78, 5) is 35.3. The molecule has 5 aromatic rings. The largest absolute Gasteiger partial charge is 0.454 e. The van der Waals surface area contributed by atoms with Crippen LogP contribution in [-0.2, 0) is 9.59 Å². The lowest BCUT2D eigenvalue weighted by molar-refractivity contribution is -0.131. The number of ether oxygens (including phenoxy) is 1. The van der Waals surface area contributed by atoms with Crippen molar-refractivity contribution in [2.45, 2.75) is 38.8 Å². The monoisotopic (exact) mass is 720 g/mol. The molecule has 2 heterocycles. The van der Waals surface area contributed by atoms with Crippen molar-refractivity contribution in [2.75, 3.05) is 42.9 Å². The van der Waals surface area contributed by atoms with E-state index in [1.54, 1.807) is 24.3 Å². The number of anilines is 2. The third-order valence-corrected chi connectivity index (χ3v) is 10.8. The zero-order valence-electron chi connectivity index (χ0n) is 30.8. The van der Waals surface area contributed by atoms with E-state index in [1.807, 2.05) is 64.4 Å². The van der Waals surface area contributed by atoms with Crippen molar-refractivity contribution in [2.24, 2.45) is 5.41 Å². The first kappa shape index (κ1) is 35.3. The predicted octanol–water partition coefficient (Wildman–Crippen LogP) is 9.17. The van der Waals surface area contributed by atoms with E-state index in [9.17, 15) is 9.59 Å². The average molecular weight is 721 g/mol. The van der Waals surface area contributed by atoms with Crippen LogP contribution in [0.1, 0.15) is 55.5 Å². The molecule has 7 nitrogen and oxygen atoms in total. The molecule has 0 spiro atoms. The van der Waals surface area contributed by atoms with E-state index in [1.165, 1.54) is 17.2 Å². The van der Waals surface area contributed by atoms with E-state index >= 15 is 4.39 Å². The molecule has 1 atom stereocenters. The van der Waals surface area contributed by atoms with E-state index in [2.05, 4.69) is 72.6 Å². The van der Waals surface area contributed by atoms with Gasteiger partial charge >= 0.3 is 0 Å². The van der Waals surface area contributed by atoms with Crippen molar-refractivity contribution in [3.05, 3.63) is 167 Å². The lowest BCUT2D eigenvalue weighted by atomic mass is 9.73. The summed E-state index contributed by atoms with van der Waals surface area (Å²) in [5, 5.41) is 3.63. The third-order valence-electron chi connectivity index (χ3n) is 10.8. The molecular weight excluding hydrogens is 676 g/mol. The summed E-state index contributed by atoms with van der Waals surface area (Å²) in [6.45, 7) is 6.80. The Morgan fingerprint density at radius 3 is 2.07 bits per heavy atom. The van der Waals surface area contributed by atoms with Crippen molar-refractivity contribution >= 4 is 23.1 Å². The Morgan fingerprint density at radius 2 is 1.41 bits per heavy atom. The molecule has 0 saturated carbocycles. The summed E-state index contributed by atoms with van der Waals surface area (Å²) in [5.41, 5.74) is 5.93. The lowest BCUT2D eigenvalue weighted by Crippen LogP contribution is -2.52. The van der Waals surface area contributed by atoms with Gasteiger partial charge in [0.1, 0.15) is 5.75 Å². The van der Waals surface area contributed by atoms with Crippen LogP contribution < -0.4 is 15.0 Å². The van der Waals surface area contributed by atoms with E-state index in [0.717, 1.165) is 17.1 Å². The molecule has 2 aliphatic heterocycles. The van der Waals surface area contributed by atoms with Crippen LogP contribution in [0.5, 0.6) is 11.5 Å². The molecule has 8 rings (SSSR count). The predicted molar refractivity (Wildman–Crippen MR) is 211 cm³/mol. The number of amides is 1. The van der Waals surface area contributed by atoms with E-state index in [4.69, 9.17) is 4.74 Å². The van der Waals surface area contributed by atoms with Crippen molar-refractivity contribution < 1.29 is 18.7 Å². The van der Waals surface area contributed by atoms with E-state index < -0.39 is 11.9 Å². The number of ketones is 1. The van der Waals surface area contributed by atoms with Crippen molar-refractivity contribution in [3.63, 3.8) is 0 Å². The molecule has 1 amide bonds. The minimum Gasteiger partial charge on any atom is -0.454 e. The van der Waals surface area contributed by atoms with Gasteiger partial charge in [0.05, 0.1) is 30.0 Å². The number of nitrogens with zero attached hydrogens (tertiary/aromatic N) is 3. The number of piperazine rings is 1. The summed E-state index contributed by atoms with van der Waals surface area (Å²) in [6, 6.07) is 42.2. The number of Topliss-reactive ketones (excluding diaryl/α,β-unsaturated/α-hetero) is 1. The molecule has 0 aromatic heterocycles.